The van der Waals surface area contributed by atoms with Gasteiger partial charge in [-0.3, -0.25) is 4.79 Å². The van der Waals surface area contributed by atoms with E-state index in [1.807, 2.05) is 19.9 Å². The molecule has 1 saturated heterocycles. The van der Waals surface area contributed by atoms with E-state index in [-0.39, 0.29) is 5.92 Å². The van der Waals surface area contributed by atoms with E-state index in [0.717, 1.165) is 42.0 Å². The predicted octanol–water partition coefficient (Wildman–Crippen LogP) is 1.94. The van der Waals surface area contributed by atoms with Crippen molar-refractivity contribution in [1.29, 1.82) is 0 Å². The van der Waals surface area contributed by atoms with Gasteiger partial charge in [0.15, 0.2) is 5.65 Å². The molecule has 0 aromatic carbocycles. The Bertz CT molecular complexity index is 701. The molecule has 0 unspecified atom stereocenters. The minimum absolute atomic E-state index is 0.305. The number of piperidine rings is 1. The molecule has 1 atom stereocenters. The number of carbonyl (C=O) groups is 1. The van der Waals surface area contributed by atoms with E-state index in [2.05, 4.69) is 19.9 Å². The molecule has 0 radical (unpaired) electrons. The quantitative estimate of drug-likeness (QED) is 0.909. The number of fused-ring (bicyclic) bond motifs is 1. The van der Waals surface area contributed by atoms with Gasteiger partial charge < -0.3 is 10.0 Å². The van der Waals surface area contributed by atoms with Gasteiger partial charge in [-0.05, 0) is 32.8 Å². The van der Waals surface area contributed by atoms with Crippen molar-refractivity contribution in [2.45, 2.75) is 26.7 Å². The number of nitrogens with zero attached hydrogens (tertiary/aromatic N) is 4. The van der Waals surface area contributed by atoms with Gasteiger partial charge in [0.25, 0.3) is 0 Å². The molecule has 1 aliphatic rings. The molecule has 0 saturated carbocycles. The molecule has 0 aliphatic carbocycles. The van der Waals surface area contributed by atoms with Gasteiger partial charge in [-0.15, -0.1) is 0 Å². The number of aromatic nitrogens is 3. The van der Waals surface area contributed by atoms with Crippen LogP contribution in [0.5, 0.6) is 0 Å². The number of aryl methyl sites for hydroxylation is 2. The average Bonchev–Trinajstić information content (AvgIpc) is 2.48. The average molecular weight is 286 g/mol. The van der Waals surface area contributed by atoms with Crippen LogP contribution in [0.4, 0.5) is 5.69 Å². The highest BCUT2D eigenvalue weighted by Crippen LogP contribution is 2.24. The van der Waals surface area contributed by atoms with Gasteiger partial charge in [-0.1, -0.05) is 0 Å². The largest absolute Gasteiger partial charge is 0.481 e. The monoisotopic (exact) mass is 286 g/mol. The smallest absolute Gasteiger partial charge is 0.308 e. The number of hydrogen-bond donors (Lipinski definition) is 1. The maximum atomic E-state index is 11.2. The third kappa shape index (κ3) is 2.66. The summed E-state index contributed by atoms with van der Waals surface area (Å²) in [4.78, 5) is 26.5. The van der Waals surface area contributed by atoms with Gasteiger partial charge in [-0.2, -0.15) is 0 Å². The van der Waals surface area contributed by atoms with Gasteiger partial charge >= 0.3 is 5.97 Å². The van der Waals surface area contributed by atoms with Crippen molar-refractivity contribution >= 4 is 22.8 Å². The van der Waals surface area contributed by atoms with Crippen LogP contribution in [0.3, 0.4) is 0 Å². The van der Waals surface area contributed by atoms with E-state index in [0.29, 0.717) is 12.2 Å². The summed E-state index contributed by atoms with van der Waals surface area (Å²) in [6.07, 6.45) is 3.38. The zero-order valence-electron chi connectivity index (χ0n) is 12.2. The molecule has 6 nitrogen and oxygen atoms in total. The van der Waals surface area contributed by atoms with Crippen molar-refractivity contribution in [3.8, 4) is 0 Å². The molecule has 1 fully saturated rings. The fourth-order valence-corrected chi connectivity index (χ4v) is 2.69. The Morgan fingerprint density at radius 1 is 1.33 bits per heavy atom. The lowest BCUT2D eigenvalue weighted by atomic mass is 9.98. The minimum atomic E-state index is -0.722. The standard InChI is InChI=1S/C15H18N4O2/c1-9-10(2)18-14-13(17-9)6-12(7-16-14)19-5-3-4-11(8-19)15(20)21/h6-7,11H,3-5,8H2,1-2H3,(H,20,21)/t11-/m0/s1. The fraction of sp³-hybridized carbons (Fsp3) is 0.467. The molecule has 3 rings (SSSR count). The number of aliphatic carboxylic acids is 1. The molecule has 2 aromatic heterocycles. The maximum absolute atomic E-state index is 11.2. The number of anilines is 1. The molecule has 6 heteroatoms. The van der Waals surface area contributed by atoms with Crippen LogP contribution >= 0.6 is 0 Å². The van der Waals surface area contributed by atoms with Crippen LogP contribution in [0.25, 0.3) is 11.2 Å². The lowest BCUT2D eigenvalue weighted by molar-refractivity contribution is -0.141. The zero-order chi connectivity index (χ0) is 15.0. The van der Waals surface area contributed by atoms with Crippen LogP contribution in [0.2, 0.25) is 0 Å². The Morgan fingerprint density at radius 3 is 2.86 bits per heavy atom. The maximum Gasteiger partial charge on any atom is 0.308 e. The topological polar surface area (TPSA) is 79.2 Å². The Kier molecular flexibility index (Phi) is 3.45. The highest BCUT2D eigenvalue weighted by molar-refractivity contribution is 5.75. The second kappa shape index (κ2) is 5.27. The van der Waals surface area contributed by atoms with Gasteiger partial charge in [0.05, 0.1) is 29.2 Å². The molecular weight excluding hydrogens is 268 g/mol. The molecule has 21 heavy (non-hydrogen) atoms. The molecule has 2 aromatic rings. The molecule has 1 N–H and O–H groups in total. The summed E-state index contributed by atoms with van der Waals surface area (Å²) in [6, 6.07) is 1.95. The lowest BCUT2D eigenvalue weighted by Gasteiger charge is -2.32. The summed E-state index contributed by atoms with van der Waals surface area (Å²) < 4.78 is 0. The van der Waals surface area contributed by atoms with Crippen LogP contribution in [0.1, 0.15) is 24.2 Å². The van der Waals surface area contributed by atoms with Crippen molar-refractivity contribution < 1.29 is 9.90 Å². The highest BCUT2D eigenvalue weighted by atomic mass is 16.4. The summed E-state index contributed by atoms with van der Waals surface area (Å²) in [5.41, 5.74) is 4.09. The molecule has 0 amide bonds. The second-order valence-corrected chi connectivity index (χ2v) is 5.55. The Morgan fingerprint density at radius 2 is 2.10 bits per heavy atom. The molecule has 1 aliphatic heterocycles. The molecular formula is C15H18N4O2. The first-order valence-electron chi connectivity index (χ1n) is 7.13. The van der Waals surface area contributed by atoms with E-state index < -0.39 is 5.97 Å². The molecule has 3 heterocycles. The molecule has 110 valence electrons. The number of rotatable bonds is 2. The van der Waals surface area contributed by atoms with Gasteiger partial charge in [0.2, 0.25) is 0 Å². The van der Waals surface area contributed by atoms with Crippen molar-refractivity contribution in [1.82, 2.24) is 15.0 Å². The number of hydrogen-bond acceptors (Lipinski definition) is 5. The normalized spacial score (nSPS) is 19.0. The van der Waals surface area contributed by atoms with Crippen molar-refractivity contribution in [2.75, 3.05) is 18.0 Å². The van der Waals surface area contributed by atoms with E-state index >= 15 is 0 Å². The predicted molar refractivity (Wildman–Crippen MR) is 79.4 cm³/mol. The highest BCUT2D eigenvalue weighted by Gasteiger charge is 2.25. The summed E-state index contributed by atoms with van der Waals surface area (Å²) in [5, 5.41) is 9.18. The van der Waals surface area contributed by atoms with Crippen molar-refractivity contribution in [2.24, 2.45) is 5.92 Å². The summed E-state index contributed by atoms with van der Waals surface area (Å²) in [5.74, 6) is -1.03. The van der Waals surface area contributed by atoms with E-state index in [1.165, 1.54) is 0 Å². The van der Waals surface area contributed by atoms with E-state index in [1.54, 1.807) is 6.20 Å². The SMILES string of the molecule is Cc1nc2cc(N3CCC[C@H](C(=O)O)C3)cnc2nc1C. The number of pyridine rings is 1. The third-order valence-electron chi connectivity index (χ3n) is 4.05. The Balaban J connectivity index is 1.93. The Hall–Kier alpha value is -2.24. The first kappa shape index (κ1) is 13.7. The molecule has 0 spiro atoms. The van der Waals surface area contributed by atoms with E-state index in [4.69, 9.17) is 0 Å². The second-order valence-electron chi connectivity index (χ2n) is 5.55. The first-order valence-corrected chi connectivity index (χ1v) is 7.13. The Labute approximate surface area is 122 Å². The van der Waals surface area contributed by atoms with Crippen molar-refractivity contribution in [3.05, 3.63) is 23.7 Å². The molecule has 0 bridgehead atoms. The van der Waals surface area contributed by atoms with Crippen LogP contribution in [0.15, 0.2) is 12.3 Å². The van der Waals surface area contributed by atoms with Crippen molar-refractivity contribution in [3.63, 3.8) is 0 Å². The van der Waals surface area contributed by atoms with E-state index in [9.17, 15) is 9.90 Å². The van der Waals surface area contributed by atoms with Gasteiger partial charge in [0, 0.05) is 13.1 Å². The van der Waals surface area contributed by atoms with Crippen LogP contribution < -0.4 is 4.90 Å². The summed E-state index contributed by atoms with van der Waals surface area (Å²) >= 11 is 0. The lowest BCUT2D eigenvalue weighted by Crippen LogP contribution is -2.38. The van der Waals surface area contributed by atoms with Crippen LogP contribution in [0, 0.1) is 19.8 Å². The summed E-state index contributed by atoms with van der Waals surface area (Å²) in [6.45, 7) is 5.23. The third-order valence-corrected chi connectivity index (χ3v) is 4.05. The van der Waals surface area contributed by atoms with Gasteiger partial charge in [0.1, 0.15) is 5.52 Å². The number of carboxylic acid groups (broad SMARTS) is 1. The zero-order valence-corrected chi connectivity index (χ0v) is 12.2. The van der Waals surface area contributed by atoms with Crippen LogP contribution in [-0.2, 0) is 4.79 Å². The number of carboxylic acids is 1. The first-order chi connectivity index (χ1) is 10.0. The minimum Gasteiger partial charge on any atom is -0.481 e. The summed E-state index contributed by atoms with van der Waals surface area (Å²) in [7, 11) is 0. The van der Waals surface area contributed by atoms with Crippen LogP contribution in [-0.4, -0.2) is 39.1 Å². The fourth-order valence-electron chi connectivity index (χ4n) is 2.69. The van der Waals surface area contributed by atoms with Gasteiger partial charge in [-0.25, -0.2) is 15.0 Å².